The first-order valence-corrected chi connectivity index (χ1v) is 6.03. The molecule has 0 aromatic heterocycles. The van der Waals surface area contributed by atoms with Crippen molar-refractivity contribution in [1.82, 2.24) is 0 Å². The molecule has 0 saturated carbocycles. The lowest BCUT2D eigenvalue weighted by atomic mass is 9.99. The molecule has 0 atom stereocenters. The third-order valence-corrected chi connectivity index (χ3v) is 3.09. The van der Waals surface area contributed by atoms with Crippen LogP contribution in [0.15, 0.2) is 18.2 Å². The first-order chi connectivity index (χ1) is 9.08. The summed E-state index contributed by atoms with van der Waals surface area (Å²) in [5.41, 5.74) is 0.136. The van der Waals surface area contributed by atoms with Gasteiger partial charge >= 0.3 is 5.97 Å². The van der Waals surface area contributed by atoms with E-state index >= 15 is 0 Å². The van der Waals surface area contributed by atoms with Crippen molar-refractivity contribution in [3.05, 3.63) is 23.8 Å². The molecule has 102 valence electrons. The lowest BCUT2D eigenvalue weighted by molar-refractivity contribution is -0.122. The molecule has 0 radical (unpaired) electrons. The number of rotatable bonds is 3. The Morgan fingerprint density at radius 2 is 1.95 bits per heavy atom. The maximum absolute atomic E-state index is 12.0. The van der Waals surface area contributed by atoms with E-state index < -0.39 is 5.97 Å². The highest BCUT2D eigenvalue weighted by Gasteiger charge is 2.22. The predicted octanol–water partition coefficient (Wildman–Crippen LogP) is 1.46. The number of carboxylic acid groups (broad SMARTS) is 1. The van der Waals surface area contributed by atoms with Crippen molar-refractivity contribution in [2.75, 3.05) is 18.5 Å². The van der Waals surface area contributed by atoms with Gasteiger partial charge in [0.2, 0.25) is 5.91 Å². The Kier molecular flexibility index (Phi) is 4.01. The van der Waals surface area contributed by atoms with E-state index in [1.807, 2.05) is 0 Å². The number of carbonyl (C=O) groups excluding carboxylic acids is 1. The van der Waals surface area contributed by atoms with Crippen LogP contribution >= 0.6 is 0 Å². The average Bonchev–Trinajstić information content (AvgIpc) is 2.42. The number of phenolic OH excluding ortho intramolecular Hbond substituents is 1. The van der Waals surface area contributed by atoms with E-state index in [9.17, 15) is 14.7 Å². The zero-order chi connectivity index (χ0) is 13.8. The minimum atomic E-state index is -1.11. The molecule has 0 bridgehead atoms. The van der Waals surface area contributed by atoms with Crippen LogP contribution in [0, 0.1) is 5.92 Å². The van der Waals surface area contributed by atoms with Crippen LogP contribution in [0.2, 0.25) is 0 Å². The van der Waals surface area contributed by atoms with Crippen LogP contribution in [-0.4, -0.2) is 35.3 Å². The molecule has 1 aromatic carbocycles. The molecule has 0 aliphatic carbocycles. The summed E-state index contributed by atoms with van der Waals surface area (Å²) < 4.78 is 5.17. The highest BCUT2D eigenvalue weighted by Crippen LogP contribution is 2.26. The van der Waals surface area contributed by atoms with Gasteiger partial charge in [0.15, 0.2) is 0 Å². The third-order valence-electron chi connectivity index (χ3n) is 3.09. The van der Waals surface area contributed by atoms with Crippen molar-refractivity contribution in [1.29, 1.82) is 0 Å². The van der Waals surface area contributed by atoms with Crippen LogP contribution in [0.1, 0.15) is 23.2 Å². The molecule has 1 amide bonds. The SMILES string of the molecule is O=C(O)c1ccc(O)c(NC(=O)C2CCOCC2)c1. The summed E-state index contributed by atoms with van der Waals surface area (Å²) in [6.07, 6.45) is 1.26. The van der Waals surface area contributed by atoms with E-state index in [-0.39, 0.29) is 28.8 Å². The quantitative estimate of drug-likeness (QED) is 0.719. The van der Waals surface area contributed by atoms with Gasteiger partial charge < -0.3 is 20.3 Å². The summed E-state index contributed by atoms with van der Waals surface area (Å²) in [6, 6.07) is 3.78. The van der Waals surface area contributed by atoms with Gasteiger partial charge in [0.1, 0.15) is 5.75 Å². The van der Waals surface area contributed by atoms with Crippen LogP contribution in [0.25, 0.3) is 0 Å². The third kappa shape index (κ3) is 3.23. The lowest BCUT2D eigenvalue weighted by Gasteiger charge is -2.21. The van der Waals surface area contributed by atoms with E-state index in [0.29, 0.717) is 26.1 Å². The molecule has 1 fully saturated rings. The maximum Gasteiger partial charge on any atom is 0.335 e. The fraction of sp³-hybridized carbons (Fsp3) is 0.385. The summed E-state index contributed by atoms with van der Waals surface area (Å²) in [5.74, 6) is -1.64. The number of aromatic carboxylic acids is 1. The monoisotopic (exact) mass is 265 g/mol. The van der Waals surface area contributed by atoms with Crippen LogP contribution < -0.4 is 5.32 Å². The second-order valence-electron chi connectivity index (χ2n) is 4.41. The maximum atomic E-state index is 12.0. The van der Waals surface area contributed by atoms with Crippen LogP contribution in [0.5, 0.6) is 5.75 Å². The smallest absolute Gasteiger partial charge is 0.335 e. The number of ether oxygens (including phenoxy) is 1. The number of aromatic hydroxyl groups is 1. The summed E-state index contributed by atoms with van der Waals surface area (Å²) in [5, 5.41) is 21.1. The first-order valence-electron chi connectivity index (χ1n) is 6.03. The van der Waals surface area contributed by atoms with Gasteiger partial charge in [-0.25, -0.2) is 4.79 Å². The highest BCUT2D eigenvalue weighted by atomic mass is 16.5. The summed E-state index contributed by atoms with van der Waals surface area (Å²) >= 11 is 0. The van der Waals surface area contributed by atoms with Crippen LogP contribution in [0.3, 0.4) is 0 Å². The molecule has 1 heterocycles. The number of nitrogens with one attached hydrogen (secondary N) is 1. The van der Waals surface area contributed by atoms with Gasteiger partial charge in [0, 0.05) is 19.1 Å². The standard InChI is InChI=1S/C13H15NO5/c15-11-2-1-9(13(17)18)7-10(11)14-12(16)8-3-5-19-6-4-8/h1-2,7-8,15H,3-6H2,(H,14,16)(H,17,18). The fourth-order valence-corrected chi connectivity index (χ4v) is 1.96. The second-order valence-corrected chi connectivity index (χ2v) is 4.41. The fourth-order valence-electron chi connectivity index (χ4n) is 1.96. The summed E-state index contributed by atoms with van der Waals surface area (Å²) in [7, 11) is 0. The Balaban J connectivity index is 2.11. The molecule has 0 unspecified atom stereocenters. The van der Waals surface area contributed by atoms with Gasteiger partial charge in [-0.05, 0) is 31.0 Å². The Hall–Kier alpha value is -2.08. The molecule has 6 nitrogen and oxygen atoms in total. The summed E-state index contributed by atoms with van der Waals surface area (Å²) in [4.78, 5) is 22.8. The molecule has 1 saturated heterocycles. The Morgan fingerprint density at radius 3 is 2.58 bits per heavy atom. The molecule has 3 N–H and O–H groups in total. The Morgan fingerprint density at radius 1 is 1.26 bits per heavy atom. The topological polar surface area (TPSA) is 95.9 Å². The number of anilines is 1. The first kappa shape index (κ1) is 13.4. The second kappa shape index (κ2) is 5.71. The van der Waals surface area contributed by atoms with E-state index in [4.69, 9.17) is 9.84 Å². The van der Waals surface area contributed by atoms with Gasteiger partial charge in [-0.3, -0.25) is 4.79 Å². The van der Waals surface area contributed by atoms with E-state index in [1.165, 1.54) is 18.2 Å². The van der Waals surface area contributed by atoms with Gasteiger partial charge in [-0.15, -0.1) is 0 Å². The van der Waals surface area contributed by atoms with E-state index in [2.05, 4.69) is 5.32 Å². The van der Waals surface area contributed by atoms with Crippen molar-refractivity contribution in [3.63, 3.8) is 0 Å². The average molecular weight is 265 g/mol. The molecule has 1 aliphatic heterocycles. The minimum absolute atomic E-state index is 0.0140. The normalized spacial score (nSPS) is 16.0. The Labute approximate surface area is 110 Å². The van der Waals surface area contributed by atoms with Crippen molar-refractivity contribution < 1.29 is 24.5 Å². The van der Waals surface area contributed by atoms with Crippen molar-refractivity contribution in [3.8, 4) is 5.75 Å². The number of hydrogen-bond acceptors (Lipinski definition) is 4. The van der Waals surface area contributed by atoms with Crippen molar-refractivity contribution >= 4 is 17.6 Å². The van der Waals surface area contributed by atoms with Gasteiger partial charge in [0.05, 0.1) is 11.3 Å². The van der Waals surface area contributed by atoms with E-state index in [0.717, 1.165) is 0 Å². The molecule has 2 rings (SSSR count). The number of carboxylic acids is 1. The van der Waals surface area contributed by atoms with Crippen LogP contribution in [0.4, 0.5) is 5.69 Å². The largest absolute Gasteiger partial charge is 0.506 e. The number of hydrogen-bond donors (Lipinski definition) is 3. The van der Waals surface area contributed by atoms with Gasteiger partial charge in [-0.2, -0.15) is 0 Å². The molecule has 0 spiro atoms. The zero-order valence-electron chi connectivity index (χ0n) is 10.3. The number of phenols is 1. The van der Waals surface area contributed by atoms with Crippen molar-refractivity contribution in [2.45, 2.75) is 12.8 Å². The summed E-state index contributed by atoms with van der Waals surface area (Å²) in [6.45, 7) is 1.08. The lowest BCUT2D eigenvalue weighted by Crippen LogP contribution is -2.28. The zero-order valence-corrected chi connectivity index (χ0v) is 10.3. The number of amides is 1. The minimum Gasteiger partial charge on any atom is -0.506 e. The molecular formula is C13H15NO5. The predicted molar refractivity (Wildman–Crippen MR) is 67.2 cm³/mol. The number of benzene rings is 1. The number of carbonyl (C=O) groups is 2. The Bertz CT molecular complexity index is 494. The van der Waals surface area contributed by atoms with E-state index in [1.54, 1.807) is 0 Å². The van der Waals surface area contributed by atoms with Gasteiger partial charge in [0.25, 0.3) is 0 Å². The van der Waals surface area contributed by atoms with Crippen molar-refractivity contribution in [2.24, 2.45) is 5.92 Å². The highest BCUT2D eigenvalue weighted by molar-refractivity contribution is 5.96. The van der Waals surface area contributed by atoms with Crippen LogP contribution in [-0.2, 0) is 9.53 Å². The molecule has 19 heavy (non-hydrogen) atoms. The molecular weight excluding hydrogens is 250 g/mol. The molecule has 1 aliphatic rings. The molecule has 1 aromatic rings. The van der Waals surface area contributed by atoms with Gasteiger partial charge in [-0.1, -0.05) is 0 Å². The molecule has 6 heteroatoms.